The summed E-state index contributed by atoms with van der Waals surface area (Å²) in [6, 6.07) is 10.1. The molecular formula is C24H28F3NO4. The number of amides is 1. The number of carbonyl (C=O) groups excluding carboxylic acids is 2. The van der Waals surface area contributed by atoms with Gasteiger partial charge in [0.05, 0.1) is 25.7 Å². The Labute approximate surface area is 185 Å². The first-order valence-corrected chi connectivity index (χ1v) is 10.4. The zero-order chi connectivity index (χ0) is 23.7. The molecule has 1 amide bonds. The Kier molecular flexibility index (Phi) is 9.11. The highest BCUT2D eigenvalue weighted by molar-refractivity contribution is 5.86. The summed E-state index contributed by atoms with van der Waals surface area (Å²) in [7, 11) is 1.20. The maximum absolute atomic E-state index is 12.9. The van der Waals surface area contributed by atoms with Gasteiger partial charge in [0.25, 0.3) is 0 Å². The van der Waals surface area contributed by atoms with Crippen molar-refractivity contribution < 1.29 is 32.2 Å². The minimum Gasteiger partial charge on any atom is -0.493 e. The van der Waals surface area contributed by atoms with E-state index in [1.807, 2.05) is 0 Å². The van der Waals surface area contributed by atoms with Crippen molar-refractivity contribution in [3.8, 4) is 5.75 Å². The molecule has 0 aliphatic carbocycles. The van der Waals surface area contributed by atoms with E-state index in [9.17, 15) is 22.8 Å². The van der Waals surface area contributed by atoms with Crippen molar-refractivity contribution in [2.75, 3.05) is 13.7 Å². The van der Waals surface area contributed by atoms with Crippen molar-refractivity contribution in [3.63, 3.8) is 0 Å². The fourth-order valence-electron chi connectivity index (χ4n) is 3.22. The van der Waals surface area contributed by atoms with Gasteiger partial charge in [-0.15, -0.1) is 0 Å². The minimum absolute atomic E-state index is 0.186. The van der Waals surface area contributed by atoms with Gasteiger partial charge in [0.2, 0.25) is 5.91 Å². The number of methoxy groups -OCH3 is 1. The van der Waals surface area contributed by atoms with E-state index in [4.69, 9.17) is 9.47 Å². The monoisotopic (exact) mass is 451 g/mol. The molecule has 0 aromatic heterocycles. The largest absolute Gasteiger partial charge is 0.493 e. The van der Waals surface area contributed by atoms with E-state index in [2.05, 4.69) is 19.2 Å². The van der Waals surface area contributed by atoms with Crippen LogP contribution in [0.3, 0.4) is 0 Å². The highest BCUT2D eigenvalue weighted by Crippen LogP contribution is 2.29. The van der Waals surface area contributed by atoms with Crippen molar-refractivity contribution in [2.45, 2.75) is 45.3 Å². The van der Waals surface area contributed by atoms with Crippen LogP contribution in [0.5, 0.6) is 5.75 Å². The Balaban J connectivity index is 2.07. The first-order chi connectivity index (χ1) is 15.1. The molecular weight excluding hydrogens is 423 g/mol. The Bertz CT molecular complexity index is 897. The second-order valence-corrected chi connectivity index (χ2v) is 7.67. The molecule has 32 heavy (non-hydrogen) atoms. The molecule has 1 unspecified atom stereocenters. The molecule has 0 aliphatic rings. The normalized spacial score (nSPS) is 13.2. The molecule has 0 saturated heterocycles. The van der Waals surface area contributed by atoms with Crippen molar-refractivity contribution in [3.05, 3.63) is 65.2 Å². The molecule has 0 fully saturated rings. The highest BCUT2D eigenvalue weighted by atomic mass is 19.4. The Hall–Kier alpha value is -3.03. The second-order valence-electron chi connectivity index (χ2n) is 7.67. The molecule has 2 atom stereocenters. The predicted molar refractivity (Wildman–Crippen MR) is 114 cm³/mol. The Morgan fingerprint density at radius 1 is 1.09 bits per heavy atom. The van der Waals surface area contributed by atoms with Gasteiger partial charge in [-0.25, -0.2) is 4.79 Å². The molecule has 0 saturated carbocycles. The number of halogens is 3. The van der Waals surface area contributed by atoms with Crippen LogP contribution in [0, 0.1) is 5.92 Å². The van der Waals surface area contributed by atoms with Gasteiger partial charge < -0.3 is 14.8 Å². The second kappa shape index (κ2) is 11.5. The Morgan fingerprint density at radius 3 is 2.38 bits per heavy atom. The van der Waals surface area contributed by atoms with Gasteiger partial charge in [0.15, 0.2) is 6.04 Å². The van der Waals surface area contributed by atoms with Crippen LogP contribution in [0.25, 0.3) is 0 Å². The number of ether oxygens (including phenoxy) is 2. The Morgan fingerprint density at radius 2 is 1.78 bits per heavy atom. The van der Waals surface area contributed by atoms with E-state index in [1.54, 1.807) is 24.3 Å². The van der Waals surface area contributed by atoms with Gasteiger partial charge >= 0.3 is 12.1 Å². The zero-order valence-electron chi connectivity index (χ0n) is 18.4. The summed E-state index contributed by atoms with van der Waals surface area (Å²) >= 11 is 0. The van der Waals surface area contributed by atoms with E-state index in [0.29, 0.717) is 23.8 Å². The lowest BCUT2D eigenvalue weighted by molar-refractivity contribution is -0.145. The van der Waals surface area contributed by atoms with Crippen LogP contribution in [-0.4, -0.2) is 25.6 Å². The lowest BCUT2D eigenvalue weighted by Gasteiger charge is -2.18. The van der Waals surface area contributed by atoms with Crippen LogP contribution in [0.15, 0.2) is 48.5 Å². The SMILES string of the molecule is CCCC(C)COc1ccc([C@@H](NC(=O)Cc2cccc(C(F)(F)F)c2)C(=O)OC)cc1. The average Bonchev–Trinajstić information content (AvgIpc) is 2.76. The number of benzene rings is 2. The third kappa shape index (κ3) is 7.59. The lowest BCUT2D eigenvalue weighted by Crippen LogP contribution is -2.35. The predicted octanol–water partition coefficient (Wildman–Crippen LogP) is 5.09. The minimum atomic E-state index is -4.50. The molecule has 1 N–H and O–H groups in total. The van der Waals surface area contributed by atoms with Crippen molar-refractivity contribution in [1.29, 1.82) is 0 Å². The number of hydrogen-bond acceptors (Lipinski definition) is 4. The molecule has 0 heterocycles. The van der Waals surface area contributed by atoms with Gasteiger partial charge in [-0.05, 0) is 41.7 Å². The molecule has 0 radical (unpaired) electrons. The van der Waals surface area contributed by atoms with Crippen LogP contribution >= 0.6 is 0 Å². The molecule has 2 aromatic rings. The number of nitrogens with one attached hydrogen (secondary N) is 1. The topological polar surface area (TPSA) is 64.6 Å². The van der Waals surface area contributed by atoms with E-state index in [-0.39, 0.29) is 12.0 Å². The van der Waals surface area contributed by atoms with Crippen LogP contribution < -0.4 is 10.1 Å². The van der Waals surface area contributed by atoms with Crippen LogP contribution in [0.4, 0.5) is 13.2 Å². The summed E-state index contributed by atoms with van der Waals surface area (Å²) in [5, 5.41) is 2.54. The third-order valence-electron chi connectivity index (χ3n) is 4.89. The van der Waals surface area contributed by atoms with E-state index < -0.39 is 29.7 Å². The van der Waals surface area contributed by atoms with Gasteiger partial charge in [0, 0.05) is 0 Å². The molecule has 0 bridgehead atoms. The summed E-state index contributed by atoms with van der Waals surface area (Å²) in [6.45, 7) is 4.78. The third-order valence-corrected chi connectivity index (χ3v) is 4.89. The average molecular weight is 451 g/mol. The molecule has 5 nitrogen and oxygen atoms in total. The summed E-state index contributed by atoms with van der Waals surface area (Å²) in [6.07, 6.45) is -2.68. The fourth-order valence-corrected chi connectivity index (χ4v) is 3.22. The van der Waals surface area contributed by atoms with Gasteiger partial charge in [0.1, 0.15) is 5.75 Å². The maximum Gasteiger partial charge on any atom is 0.416 e. The van der Waals surface area contributed by atoms with E-state index in [1.165, 1.54) is 19.2 Å². The first-order valence-electron chi connectivity index (χ1n) is 10.4. The first kappa shape index (κ1) is 25.2. The fraction of sp³-hybridized carbons (Fsp3) is 0.417. The number of alkyl halides is 3. The highest BCUT2D eigenvalue weighted by Gasteiger charge is 2.30. The zero-order valence-corrected chi connectivity index (χ0v) is 18.4. The smallest absolute Gasteiger partial charge is 0.416 e. The number of esters is 1. The summed E-state index contributed by atoms with van der Waals surface area (Å²) in [5.41, 5.74) is -0.176. The van der Waals surface area contributed by atoms with Crippen molar-refractivity contribution in [2.24, 2.45) is 5.92 Å². The number of carbonyl (C=O) groups is 2. The van der Waals surface area contributed by atoms with Gasteiger partial charge in [-0.3, -0.25) is 4.79 Å². The molecule has 2 rings (SSSR count). The van der Waals surface area contributed by atoms with Crippen molar-refractivity contribution >= 4 is 11.9 Å². The number of rotatable bonds is 10. The van der Waals surface area contributed by atoms with E-state index >= 15 is 0 Å². The molecule has 0 spiro atoms. The molecule has 174 valence electrons. The molecule has 0 aliphatic heterocycles. The van der Waals surface area contributed by atoms with Crippen LogP contribution in [-0.2, 0) is 26.9 Å². The van der Waals surface area contributed by atoms with Crippen LogP contribution in [0.2, 0.25) is 0 Å². The summed E-state index contributed by atoms with van der Waals surface area (Å²) in [5.74, 6) is -0.241. The van der Waals surface area contributed by atoms with Gasteiger partial charge in [-0.2, -0.15) is 13.2 Å². The number of hydrogen-bond donors (Lipinski definition) is 1. The maximum atomic E-state index is 12.9. The van der Waals surface area contributed by atoms with Crippen molar-refractivity contribution in [1.82, 2.24) is 5.32 Å². The molecule has 2 aromatic carbocycles. The molecule has 8 heteroatoms. The quantitative estimate of drug-likeness (QED) is 0.511. The summed E-state index contributed by atoms with van der Waals surface area (Å²) in [4.78, 5) is 24.7. The lowest BCUT2D eigenvalue weighted by atomic mass is 10.0. The van der Waals surface area contributed by atoms with E-state index in [0.717, 1.165) is 25.0 Å². The summed E-state index contributed by atoms with van der Waals surface area (Å²) < 4.78 is 49.2. The standard InChI is InChI=1S/C24H28F3NO4/c1-4-6-16(2)15-32-20-11-9-18(10-12-20)22(23(30)31-3)28-21(29)14-17-7-5-8-19(13-17)24(25,26)27/h5,7-13,16,22H,4,6,14-15H2,1-3H3,(H,28,29)/t16?,22-/m1/s1. The van der Waals surface area contributed by atoms with Gasteiger partial charge in [-0.1, -0.05) is 50.6 Å². The van der Waals surface area contributed by atoms with Crippen LogP contribution in [0.1, 0.15) is 49.4 Å².